The van der Waals surface area contributed by atoms with E-state index in [1.165, 1.54) is 13.4 Å². The predicted molar refractivity (Wildman–Crippen MR) is 95.9 cm³/mol. The van der Waals surface area contributed by atoms with Crippen LogP contribution in [0.25, 0.3) is 0 Å². The van der Waals surface area contributed by atoms with E-state index in [0.29, 0.717) is 26.2 Å². The van der Waals surface area contributed by atoms with Crippen LogP contribution in [0.4, 0.5) is 0 Å². The lowest BCUT2D eigenvalue weighted by Crippen LogP contribution is -2.35. The molecule has 0 spiro atoms. The summed E-state index contributed by atoms with van der Waals surface area (Å²) in [7, 11) is 2.87. The Balaban J connectivity index is 1.92. The van der Waals surface area contributed by atoms with Gasteiger partial charge in [-0.3, -0.25) is 4.79 Å². The quantitative estimate of drug-likeness (QED) is 0.438. The van der Waals surface area contributed by atoms with E-state index < -0.39 is 5.97 Å². The molecule has 1 amide bonds. The number of oxazole rings is 1. The molecule has 1 heterocycles. The van der Waals surface area contributed by atoms with Gasteiger partial charge in [0, 0.05) is 20.3 Å². The molecule has 146 valence electrons. The molecule has 0 unspecified atom stereocenters. The van der Waals surface area contributed by atoms with Crippen LogP contribution in [0.3, 0.4) is 0 Å². The summed E-state index contributed by atoms with van der Waals surface area (Å²) in [5, 5.41) is 0. The number of carbonyl (C=O) groups excluding carboxylic acids is 2. The fraction of sp³-hybridized carbons (Fsp3) is 0.421. The average Bonchev–Trinajstić information content (AvgIpc) is 3.16. The molecule has 0 aliphatic rings. The normalized spacial score (nSPS) is 10.6. The minimum absolute atomic E-state index is 0.0631. The van der Waals surface area contributed by atoms with Crippen molar-refractivity contribution in [2.24, 2.45) is 0 Å². The summed E-state index contributed by atoms with van der Waals surface area (Å²) in [6.07, 6.45) is 1.87. The van der Waals surface area contributed by atoms with Crippen molar-refractivity contribution >= 4 is 11.9 Å². The molecule has 2 aromatic rings. The van der Waals surface area contributed by atoms with Crippen molar-refractivity contribution < 1.29 is 28.2 Å². The van der Waals surface area contributed by atoms with Crippen LogP contribution in [0, 0.1) is 0 Å². The highest BCUT2D eigenvalue weighted by atomic mass is 16.5. The molecule has 0 saturated carbocycles. The Morgan fingerprint density at radius 1 is 1.19 bits per heavy atom. The second-order valence-corrected chi connectivity index (χ2v) is 5.76. The van der Waals surface area contributed by atoms with Crippen molar-refractivity contribution in [3.05, 3.63) is 53.7 Å². The second kappa shape index (κ2) is 11.1. The summed E-state index contributed by atoms with van der Waals surface area (Å²) in [6, 6.07) is 9.62. The SMILES string of the molecule is COCCCN(Cc1nc(C(=O)OC)co1)C(=O)COCc1ccccc1. The molecule has 0 radical (unpaired) electrons. The third kappa shape index (κ3) is 6.84. The predicted octanol–water partition coefficient (Wildman–Crippen LogP) is 2.04. The zero-order valence-electron chi connectivity index (χ0n) is 15.6. The zero-order valence-corrected chi connectivity index (χ0v) is 15.6. The maximum atomic E-state index is 12.5. The number of carbonyl (C=O) groups is 2. The molecule has 8 heteroatoms. The van der Waals surface area contributed by atoms with Gasteiger partial charge in [0.05, 0.1) is 20.3 Å². The van der Waals surface area contributed by atoms with Gasteiger partial charge in [-0.1, -0.05) is 30.3 Å². The third-order valence-corrected chi connectivity index (χ3v) is 3.74. The van der Waals surface area contributed by atoms with Crippen molar-refractivity contribution in [1.82, 2.24) is 9.88 Å². The molecule has 0 aliphatic carbocycles. The number of ether oxygens (including phenoxy) is 3. The van der Waals surface area contributed by atoms with Crippen LogP contribution in [0.1, 0.15) is 28.4 Å². The molecule has 0 saturated heterocycles. The molecular weight excluding hydrogens is 352 g/mol. The van der Waals surface area contributed by atoms with E-state index in [4.69, 9.17) is 13.9 Å². The molecule has 0 atom stereocenters. The Bertz CT molecular complexity index is 716. The van der Waals surface area contributed by atoms with Gasteiger partial charge >= 0.3 is 5.97 Å². The molecule has 0 bridgehead atoms. The van der Waals surface area contributed by atoms with Crippen molar-refractivity contribution in [2.45, 2.75) is 19.6 Å². The lowest BCUT2D eigenvalue weighted by molar-refractivity contribution is -0.137. The highest BCUT2D eigenvalue weighted by Gasteiger charge is 2.19. The van der Waals surface area contributed by atoms with Gasteiger partial charge in [0.25, 0.3) is 0 Å². The Kier molecular flexibility index (Phi) is 8.47. The average molecular weight is 376 g/mol. The van der Waals surface area contributed by atoms with Crippen LogP contribution in [0.5, 0.6) is 0 Å². The van der Waals surface area contributed by atoms with E-state index in [1.54, 1.807) is 12.0 Å². The van der Waals surface area contributed by atoms with Crippen LogP contribution < -0.4 is 0 Å². The first-order chi connectivity index (χ1) is 13.1. The molecule has 1 aromatic carbocycles. The van der Waals surface area contributed by atoms with E-state index in [1.807, 2.05) is 30.3 Å². The van der Waals surface area contributed by atoms with Crippen molar-refractivity contribution in [1.29, 1.82) is 0 Å². The van der Waals surface area contributed by atoms with Crippen molar-refractivity contribution in [3.8, 4) is 0 Å². The summed E-state index contributed by atoms with van der Waals surface area (Å²) in [5.41, 5.74) is 1.06. The van der Waals surface area contributed by atoms with E-state index in [0.717, 1.165) is 5.56 Å². The molecule has 8 nitrogen and oxygen atoms in total. The first-order valence-corrected chi connectivity index (χ1v) is 8.55. The van der Waals surface area contributed by atoms with Crippen LogP contribution in [0.15, 0.2) is 41.0 Å². The van der Waals surface area contributed by atoms with Gasteiger partial charge in [-0.25, -0.2) is 9.78 Å². The molecule has 0 fully saturated rings. The lowest BCUT2D eigenvalue weighted by Gasteiger charge is -2.21. The topological polar surface area (TPSA) is 91.1 Å². The third-order valence-electron chi connectivity index (χ3n) is 3.74. The fourth-order valence-electron chi connectivity index (χ4n) is 2.36. The summed E-state index contributed by atoms with van der Waals surface area (Å²) in [5.74, 6) is -0.530. The summed E-state index contributed by atoms with van der Waals surface area (Å²) >= 11 is 0. The molecule has 0 aliphatic heterocycles. The first-order valence-electron chi connectivity index (χ1n) is 8.55. The minimum Gasteiger partial charge on any atom is -0.464 e. The Morgan fingerprint density at radius 3 is 2.67 bits per heavy atom. The van der Waals surface area contributed by atoms with Crippen molar-refractivity contribution in [2.75, 3.05) is 34.0 Å². The van der Waals surface area contributed by atoms with Crippen LogP contribution in [0.2, 0.25) is 0 Å². The van der Waals surface area contributed by atoms with Gasteiger partial charge < -0.3 is 23.5 Å². The smallest absolute Gasteiger partial charge is 0.360 e. The highest BCUT2D eigenvalue weighted by molar-refractivity contribution is 5.86. The Morgan fingerprint density at radius 2 is 1.96 bits per heavy atom. The van der Waals surface area contributed by atoms with E-state index in [-0.39, 0.29) is 30.6 Å². The summed E-state index contributed by atoms with van der Waals surface area (Å²) < 4.78 is 20.4. The molecular formula is C19H24N2O6. The number of rotatable bonds is 11. The summed E-state index contributed by atoms with van der Waals surface area (Å²) in [6.45, 7) is 1.40. The Labute approximate surface area is 158 Å². The number of methoxy groups -OCH3 is 2. The minimum atomic E-state index is -0.589. The molecule has 1 aromatic heterocycles. The van der Waals surface area contributed by atoms with Gasteiger partial charge in [0.2, 0.25) is 11.8 Å². The maximum absolute atomic E-state index is 12.5. The molecule has 0 N–H and O–H groups in total. The number of nitrogens with zero attached hydrogens (tertiary/aromatic N) is 2. The number of esters is 1. The fourth-order valence-corrected chi connectivity index (χ4v) is 2.36. The monoisotopic (exact) mass is 376 g/mol. The van der Waals surface area contributed by atoms with Gasteiger partial charge in [-0.15, -0.1) is 0 Å². The standard InChI is InChI=1S/C19H24N2O6/c1-24-10-6-9-21(11-17-20-16(13-27-17)19(23)25-2)18(22)14-26-12-15-7-4-3-5-8-15/h3-5,7-8,13H,6,9-12,14H2,1-2H3. The van der Waals surface area contributed by atoms with Gasteiger partial charge in [0.15, 0.2) is 5.69 Å². The maximum Gasteiger partial charge on any atom is 0.360 e. The molecule has 27 heavy (non-hydrogen) atoms. The highest BCUT2D eigenvalue weighted by Crippen LogP contribution is 2.09. The van der Waals surface area contributed by atoms with Crippen LogP contribution in [-0.2, 0) is 32.2 Å². The number of benzene rings is 1. The van der Waals surface area contributed by atoms with E-state index in [2.05, 4.69) is 9.72 Å². The van der Waals surface area contributed by atoms with Gasteiger partial charge in [-0.05, 0) is 12.0 Å². The van der Waals surface area contributed by atoms with E-state index in [9.17, 15) is 9.59 Å². The number of hydrogen-bond donors (Lipinski definition) is 0. The summed E-state index contributed by atoms with van der Waals surface area (Å²) in [4.78, 5) is 29.6. The van der Waals surface area contributed by atoms with E-state index >= 15 is 0 Å². The Hall–Kier alpha value is -2.71. The van der Waals surface area contributed by atoms with Gasteiger partial charge in [-0.2, -0.15) is 0 Å². The second-order valence-electron chi connectivity index (χ2n) is 5.76. The molecule has 2 rings (SSSR count). The number of hydrogen-bond acceptors (Lipinski definition) is 7. The zero-order chi connectivity index (χ0) is 19.5. The lowest BCUT2D eigenvalue weighted by atomic mass is 10.2. The largest absolute Gasteiger partial charge is 0.464 e. The van der Waals surface area contributed by atoms with Crippen LogP contribution >= 0.6 is 0 Å². The number of aromatic nitrogens is 1. The van der Waals surface area contributed by atoms with Gasteiger partial charge in [0.1, 0.15) is 12.9 Å². The van der Waals surface area contributed by atoms with Crippen LogP contribution in [-0.4, -0.2) is 55.7 Å². The number of amides is 1. The van der Waals surface area contributed by atoms with Crippen molar-refractivity contribution in [3.63, 3.8) is 0 Å². The first kappa shape index (κ1) is 20.6.